The summed E-state index contributed by atoms with van der Waals surface area (Å²) >= 11 is 0. The molecule has 3 nitrogen and oxygen atoms in total. The van der Waals surface area contributed by atoms with Crippen LogP contribution in [0.2, 0.25) is 0 Å². The van der Waals surface area contributed by atoms with Gasteiger partial charge >= 0.3 is 0 Å². The molecular formula is C17H23N2O+. The zero-order valence-electron chi connectivity index (χ0n) is 12.4. The molecule has 20 heavy (non-hydrogen) atoms. The zero-order chi connectivity index (χ0) is 13.9. The molecular weight excluding hydrogens is 248 g/mol. The van der Waals surface area contributed by atoms with Crippen LogP contribution >= 0.6 is 0 Å². The number of hydrogen-bond acceptors (Lipinski definition) is 2. The third kappa shape index (κ3) is 2.73. The molecule has 2 aromatic rings. The molecule has 0 saturated carbocycles. The lowest BCUT2D eigenvalue weighted by Gasteiger charge is -2.34. The molecule has 3 heteroatoms. The molecule has 3 rings (SSSR count). The summed E-state index contributed by atoms with van der Waals surface area (Å²) in [6.07, 6.45) is 3.63. The number of nitrogens with zero attached hydrogens (tertiary/aromatic N) is 1. The summed E-state index contributed by atoms with van der Waals surface area (Å²) in [5.41, 5.74) is 5.52. The minimum absolute atomic E-state index is 1.08. The maximum Gasteiger partial charge on any atom is 0.106 e. The van der Waals surface area contributed by atoms with E-state index >= 15 is 0 Å². The molecule has 1 aliphatic heterocycles. The second-order valence-corrected chi connectivity index (χ2v) is 5.76. The summed E-state index contributed by atoms with van der Waals surface area (Å²) in [6.45, 7) is 10.2. The average Bonchev–Trinajstić information content (AvgIpc) is 2.96. The predicted octanol–water partition coefficient (Wildman–Crippen LogP) is 1.80. The van der Waals surface area contributed by atoms with Gasteiger partial charge in [0.05, 0.1) is 38.7 Å². The molecule has 106 valence electrons. The van der Waals surface area contributed by atoms with Gasteiger partial charge in [0.2, 0.25) is 0 Å². The third-order valence-corrected chi connectivity index (χ3v) is 4.42. The molecule has 1 aromatic heterocycles. The van der Waals surface area contributed by atoms with Gasteiger partial charge in [-0.05, 0) is 37.1 Å². The van der Waals surface area contributed by atoms with Crippen LogP contribution in [0.25, 0.3) is 0 Å². The van der Waals surface area contributed by atoms with E-state index in [0.29, 0.717) is 0 Å². The van der Waals surface area contributed by atoms with E-state index < -0.39 is 0 Å². The quantitative estimate of drug-likeness (QED) is 0.919. The fourth-order valence-corrected chi connectivity index (χ4v) is 3.00. The van der Waals surface area contributed by atoms with Crippen molar-refractivity contribution in [2.24, 2.45) is 0 Å². The second kappa shape index (κ2) is 5.71. The van der Waals surface area contributed by atoms with E-state index in [4.69, 9.17) is 4.42 Å². The Bertz CT molecular complexity index is 554. The van der Waals surface area contributed by atoms with Crippen molar-refractivity contribution in [3.8, 4) is 0 Å². The minimum atomic E-state index is 1.08. The first-order valence-corrected chi connectivity index (χ1v) is 7.40. The van der Waals surface area contributed by atoms with Crippen molar-refractivity contribution in [3.63, 3.8) is 0 Å². The number of furan rings is 1. The van der Waals surface area contributed by atoms with Crippen molar-refractivity contribution in [1.29, 1.82) is 0 Å². The SMILES string of the molecule is Cc1cccc(N2CC[NH+](Cc3ccoc3)CC2)c1C. The lowest BCUT2D eigenvalue weighted by Crippen LogP contribution is -3.13. The van der Waals surface area contributed by atoms with Crippen molar-refractivity contribution in [2.45, 2.75) is 20.4 Å². The molecule has 0 bridgehead atoms. The highest BCUT2D eigenvalue weighted by atomic mass is 16.3. The van der Waals surface area contributed by atoms with E-state index in [2.05, 4.69) is 43.0 Å². The molecule has 2 heterocycles. The van der Waals surface area contributed by atoms with Crippen LogP contribution in [0.4, 0.5) is 5.69 Å². The van der Waals surface area contributed by atoms with Gasteiger partial charge in [0.1, 0.15) is 6.54 Å². The first-order valence-electron chi connectivity index (χ1n) is 7.40. The summed E-state index contributed by atoms with van der Waals surface area (Å²) in [6, 6.07) is 8.69. The number of hydrogen-bond donors (Lipinski definition) is 1. The zero-order valence-corrected chi connectivity index (χ0v) is 12.4. The smallest absolute Gasteiger partial charge is 0.106 e. The molecule has 0 spiro atoms. The van der Waals surface area contributed by atoms with Crippen LogP contribution in [0.1, 0.15) is 16.7 Å². The number of benzene rings is 1. The van der Waals surface area contributed by atoms with Gasteiger partial charge in [-0.25, -0.2) is 0 Å². The van der Waals surface area contributed by atoms with Crippen molar-refractivity contribution in [2.75, 3.05) is 31.1 Å². The number of rotatable bonds is 3. The van der Waals surface area contributed by atoms with E-state index in [0.717, 1.165) is 19.6 Å². The number of quaternary nitrogens is 1. The van der Waals surface area contributed by atoms with Gasteiger partial charge in [-0.2, -0.15) is 0 Å². The topological polar surface area (TPSA) is 20.8 Å². The molecule has 1 N–H and O–H groups in total. The number of nitrogens with one attached hydrogen (secondary N) is 1. The maximum absolute atomic E-state index is 5.15. The van der Waals surface area contributed by atoms with Crippen molar-refractivity contribution >= 4 is 5.69 Å². The fraction of sp³-hybridized carbons (Fsp3) is 0.412. The Morgan fingerprint density at radius 3 is 2.65 bits per heavy atom. The van der Waals surface area contributed by atoms with Crippen LogP contribution in [0, 0.1) is 13.8 Å². The molecule has 1 saturated heterocycles. The minimum Gasteiger partial charge on any atom is -0.472 e. The Hall–Kier alpha value is -1.74. The molecule has 0 aliphatic carbocycles. The Morgan fingerprint density at radius 2 is 1.95 bits per heavy atom. The number of anilines is 1. The standard InChI is InChI=1S/C17H22N2O/c1-14-4-3-5-17(15(14)2)19-9-7-18(8-10-19)12-16-6-11-20-13-16/h3-6,11,13H,7-10,12H2,1-2H3/p+1. The molecule has 1 aliphatic rings. The van der Waals surface area contributed by atoms with Gasteiger partial charge in [-0.1, -0.05) is 12.1 Å². The largest absolute Gasteiger partial charge is 0.472 e. The van der Waals surface area contributed by atoms with Gasteiger partial charge < -0.3 is 14.2 Å². The fourth-order valence-electron chi connectivity index (χ4n) is 3.00. The van der Waals surface area contributed by atoms with Crippen molar-refractivity contribution in [1.82, 2.24) is 0 Å². The molecule has 1 aromatic carbocycles. The van der Waals surface area contributed by atoms with Crippen LogP contribution in [0.15, 0.2) is 41.2 Å². The van der Waals surface area contributed by atoms with Crippen LogP contribution in [-0.2, 0) is 6.54 Å². The highest BCUT2D eigenvalue weighted by Crippen LogP contribution is 2.22. The highest BCUT2D eigenvalue weighted by Gasteiger charge is 2.21. The third-order valence-electron chi connectivity index (χ3n) is 4.42. The van der Waals surface area contributed by atoms with E-state index in [1.165, 1.54) is 35.5 Å². The summed E-state index contributed by atoms with van der Waals surface area (Å²) in [4.78, 5) is 4.18. The Morgan fingerprint density at radius 1 is 1.15 bits per heavy atom. The summed E-state index contributed by atoms with van der Waals surface area (Å²) < 4.78 is 5.15. The number of piperazine rings is 1. The van der Waals surface area contributed by atoms with Crippen molar-refractivity contribution in [3.05, 3.63) is 53.5 Å². The Balaban J connectivity index is 1.62. The van der Waals surface area contributed by atoms with Gasteiger partial charge in [0, 0.05) is 11.3 Å². The van der Waals surface area contributed by atoms with Crippen molar-refractivity contribution < 1.29 is 9.32 Å². The Kier molecular flexibility index (Phi) is 3.79. The first kappa shape index (κ1) is 13.3. The molecule has 0 atom stereocenters. The molecule has 0 unspecified atom stereocenters. The lowest BCUT2D eigenvalue weighted by molar-refractivity contribution is -0.914. The summed E-state index contributed by atoms with van der Waals surface area (Å²) in [7, 11) is 0. The number of aryl methyl sites for hydroxylation is 1. The maximum atomic E-state index is 5.15. The van der Waals surface area contributed by atoms with E-state index in [9.17, 15) is 0 Å². The van der Waals surface area contributed by atoms with E-state index in [-0.39, 0.29) is 0 Å². The summed E-state index contributed by atoms with van der Waals surface area (Å²) in [5.74, 6) is 0. The van der Waals surface area contributed by atoms with E-state index in [1.807, 2.05) is 6.26 Å². The average molecular weight is 271 g/mol. The van der Waals surface area contributed by atoms with Crippen LogP contribution in [0.3, 0.4) is 0 Å². The molecule has 0 amide bonds. The van der Waals surface area contributed by atoms with Crippen LogP contribution in [0.5, 0.6) is 0 Å². The van der Waals surface area contributed by atoms with Gasteiger partial charge in [0.15, 0.2) is 0 Å². The molecule has 0 radical (unpaired) electrons. The normalized spacial score (nSPS) is 16.6. The van der Waals surface area contributed by atoms with Gasteiger partial charge in [-0.15, -0.1) is 0 Å². The van der Waals surface area contributed by atoms with Gasteiger partial charge in [0.25, 0.3) is 0 Å². The lowest BCUT2D eigenvalue weighted by atomic mass is 10.1. The van der Waals surface area contributed by atoms with Crippen LogP contribution < -0.4 is 9.80 Å². The molecule has 1 fully saturated rings. The van der Waals surface area contributed by atoms with Gasteiger partial charge in [-0.3, -0.25) is 0 Å². The second-order valence-electron chi connectivity index (χ2n) is 5.76. The first-order chi connectivity index (χ1) is 9.74. The predicted molar refractivity (Wildman–Crippen MR) is 81.2 cm³/mol. The van der Waals surface area contributed by atoms with Crippen LogP contribution in [-0.4, -0.2) is 26.2 Å². The van der Waals surface area contributed by atoms with E-state index in [1.54, 1.807) is 11.2 Å². The highest BCUT2D eigenvalue weighted by molar-refractivity contribution is 5.56. The monoisotopic (exact) mass is 271 g/mol. The Labute approximate surface area is 120 Å². The summed E-state index contributed by atoms with van der Waals surface area (Å²) in [5, 5.41) is 0.